The summed E-state index contributed by atoms with van der Waals surface area (Å²) in [5.41, 5.74) is 9.10. The lowest BCUT2D eigenvalue weighted by molar-refractivity contribution is -0.120. The number of amides is 2. The maximum Gasteiger partial charge on any atom is 0.269 e. The van der Waals surface area contributed by atoms with Crippen molar-refractivity contribution in [2.24, 2.45) is 11.7 Å². The van der Waals surface area contributed by atoms with Crippen molar-refractivity contribution in [2.45, 2.75) is 38.5 Å². The molecule has 8 nitrogen and oxygen atoms in total. The van der Waals surface area contributed by atoms with Crippen LogP contribution in [0.1, 0.15) is 64.2 Å². The zero-order valence-corrected chi connectivity index (χ0v) is 19.9. The molecule has 5 rings (SSSR count). The van der Waals surface area contributed by atoms with Crippen LogP contribution in [0.15, 0.2) is 48.5 Å². The third kappa shape index (κ3) is 4.09. The van der Waals surface area contributed by atoms with Crippen molar-refractivity contribution in [3.05, 3.63) is 71.0 Å². The Morgan fingerprint density at radius 1 is 1.00 bits per heavy atom. The fourth-order valence-corrected chi connectivity index (χ4v) is 5.10. The molecule has 0 saturated carbocycles. The van der Waals surface area contributed by atoms with Gasteiger partial charge in [-0.05, 0) is 67.1 Å². The molecule has 180 valence electrons. The zero-order chi connectivity index (χ0) is 24.7. The van der Waals surface area contributed by atoms with Crippen LogP contribution in [0.4, 0.5) is 5.69 Å². The number of aromatic nitrogens is 2. The van der Waals surface area contributed by atoms with Crippen molar-refractivity contribution in [3.63, 3.8) is 0 Å². The predicted octanol–water partition coefficient (Wildman–Crippen LogP) is 3.66. The first kappa shape index (κ1) is 22.8. The molecule has 1 saturated heterocycles. The Hall–Kier alpha value is -3.94. The van der Waals surface area contributed by atoms with Crippen LogP contribution in [0, 0.1) is 5.92 Å². The largest absolute Gasteiger partial charge is 0.497 e. The number of methoxy groups -OCH3 is 1. The third-order valence-corrected chi connectivity index (χ3v) is 7.02. The Labute approximate surface area is 203 Å². The number of piperidine rings is 1. The molecule has 2 unspecified atom stereocenters. The van der Waals surface area contributed by atoms with Crippen LogP contribution in [-0.4, -0.2) is 41.0 Å². The molecule has 3 aromatic rings. The van der Waals surface area contributed by atoms with Crippen molar-refractivity contribution in [2.75, 3.05) is 18.6 Å². The average Bonchev–Trinajstić information content (AvgIpc) is 3.27. The topological polar surface area (TPSA) is 108 Å². The number of hydrogen-bond acceptors (Lipinski definition) is 5. The third-order valence-electron chi connectivity index (χ3n) is 7.02. The van der Waals surface area contributed by atoms with Gasteiger partial charge in [0, 0.05) is 30.1 Å². The number of ketones is 1. The summed E-state index contributed by atoms with van der Waals surface area (Å²) in [6.07, 6.45) is 2.55. The van der Waals surface area contributed by atoms with Crippen molar-refractivity contribution in [1.82, 2.24) is 9.78 Å². The molecule has 1 fully saturated rings. The number of ether oxygens (including phenoxy) is 1. The highest BCUT2D eigenvalue weighted by Crippen LogP contribution is 2.36. The minimum absolute atomic E-state index is 0.0995. The molecule has 0 radical (unpaired) electrons. The van der Waals surface area contributed by atoms with E-state index in [1.165, 1.54) is 4.68 Å². The molecule has 1 aromatic heterocycles. The van der Waals surface area contributed by atoms with E-state index in [-0.39, 0.29) is 23.3 Å². The van der Waals surface area contributed by atoms with Gasteiger partial charge >= 0.3 is 0 Å². The van der Waals surface area contributed by atoms with E-state index in [0.717, 1.165) is 17.7 Å². The van der Waals surface area contributed by atoms with Crippen LogP contribution in [0.5, 0.6) is 5.75 Å². The molecule has 2 N–H and O–H groups in total. The van der Waals surface area contributed by atoms with Gasteiger partial charge < -0.3 is 15.4 Å². The SMILES string of the molecule is COc1ccc(-n2nc(C(N)=O)c3c2C(=O)C(c2ccc(N4CC(C)CCC4=O)cc2)CC3)cc1. The number of hydrogen-bond donors (Lipinski definition) is 1. The van der Waals surface area contributed by atoms with E-state index in [2.05, 4.69) is 12.0 Å². The highest BCUT2D eigenvalue weighted by atomic mass is 16.5. The van der Waals surface area contributed by atoms with Gasteiger partial charge in [-0.15, -0.1) is 0 Å². The van der Waals surface area contributed by atoms with Crippen LogP contribution >= 0.6 is 0 Å². The van der Waals surface area contributed by atoms with Gasteiger partial charge in [-0.3, -0.25) is 14.4 Å². The minimum atomic E-state index is -0.649. The first-order chi connectivity index (χ1) is 16.9. The standard InChI is InChI=1S/C27H28N4O4/c1-16-3-14-23(32)30(15-16)18-6-4-17(5-7-18)21-12-13-22-24(27(28)34)29-31(25(22)26(21)33)19-8-10-20(35-2)11-9-19/h4-11,16,21H,3,12-15H2,1-2H3,(H2,28,34). The Morgan fingerprint density at radius 2 is 1.69 bits per heavy atom. The maximum atomic E-state index is 13.7. The highest BCUT2D eigenvalue weighted by molar-refractivity contribution is 6.05. The molecular weight excluding hydrogens is 444 g/mol. The second-order valence-corrected chi connectivity index (χ2v) is 9.35. The van der Waals surface area contributed by atoms with Gasteiger partial charge in [0.25, 0.3) is 5.91 Å². The maximum absolute atomic E-state index is 13.7. The summed E-state index contributed by atoms with van der Waals surface area (Å²) in [5, 5.41) is 4.42. The number of nitrogens with zero attached hydrogens (tertiary/aromatic N) is 3. The van der Waals surface area contributed by atoms with Crippen LogP contribution in [0.2, 0.25) is 0 Å². The lowest BCUT2D eigenvalue weighted by Crippen LogP contribution is -2.39. The van der Waals surface area contributed by atoms with Gasteiger partial charge in [0.2, 0.25) is 5.91 Å². The second kappa shape index (κ2) is 9.02. The second-order valence-electron chi connectivity index (χ2n) is 9.35. The number of benzene rings is 2. The number of carbonyl (C=O) groups excluding carboxylic acids is 3. The van der Waals surface area contributed by atoms with Crippen LogP contribution in [-0.2, 0) is 11.2 Å². The van der Waals surface area contributed by atoms with Crippen molar-refractivity contribution >= 4 is 23.3 Å². The van der Waals surface area contributed by atoms with Gasteiger partial charge in [0.1, 0.15) is 11.4 Å². The molecule has 35 heavy (non-hydrogen) atoms. The number of nitrogens with two attached hydrogens (primary N) is 1. The molecule has 2 amide bonds. The van der Waals surface area contributed by atoms with E-state index in [9.17, 15) is 14.4 Å². The fourth-order valence-electron chi connectivity index (χ4n) is 5.10. The molecule has 1 aliphatic carbocycles. The number of rotatable bonds is 5. The minimum Gasteiger partial charge on any atom is -0.497 e. The zero-order valence-electron chi connectivity index (χ0n) is 19.9. The van der Waals surface area contributed by atoms with Gasteiger partial charge in [-0.25, -0.2) is 4.68 Å². The van der Waals surface area contributed by atoms with E-state index >= 15 is 0 Å². The van der Waals surface area contributed by atoms with Crippen LogP contribution < -0.4 is 15.4 Å². The molecule has 2 heterocycles. The van der Waals surface area contributed by atoms with Gasteiger partial charge in [-0.2, -0.15) is 5.10 Å². The van der Waals surface area contributed by atoms with E-state index in [0.29, 0.717) is 54.4 Å². The normalized spacial score (nSPS) is 20.0. The van der Waals surface area contributed by atoms with E-state index in [1.807, 2.05) is 29.2 Å². The van der Waals surface area contributed by atoms with E-state index < -0.39 is 5.91 Å². The highest BCUT2D eigenvalue weighted by Gasteiger charge is 2.36. The smallest absolute Gasteiger partial charge is 0.269 e. The van der Waals surface area contributed by atoms with Crippen LogP contribution in [0.3, 0.4) is 0 Å². The van der Waals surface area contributed by atoms with Gasteiger partial charge in [0.15, 0.2) is 11.5 Å². The average molecular weight is 473 g/mol. The Kier molecular flexibility index (Phi) is 5.88. The predicted molar refractivity (Wildman–Crippen MR) is 131 cm³/mol. The summed E-state index contributed by atoms with van der Waals surface area (Å²) < 4.78 is 6.75. The Bertz CT molecular complexity index is 1290. The lowest BCUT2D eigenvalue weighted by atomic mass is 9.81. The molecule has 2 aliphatic rings. The molecule has 0 spiro atoms. The number of fused-ring (bicyclic) bond motifs is 1. The quantitative estimate of drug-likeness (QED) is 0.610. The molecule has 2 atom stereocenters. The monoisotopic (exact) mass is 472 g/mol. The van der Waals surface area contributed by atoms with Crippen molar-refractivity contribution < 1.29 is 19.1 Å². The first-order valence-electron chi connectivity index (χ1n) is 11.9. The number of primary amides is 1. The number of Topliss-reactive ketones (excluding diaryl/α,β-unsaturated/α-hetero) is 1. The van der Waals surface area contributed by atoms with Gasteiger partial charge in [-0.1, -0.05) is 19.1 Å². The summed E-state index contributed by atoms with van der Waals surface area (Å²) in [6.45, 7) is 2.86. The van der Waals surface area contributed by atoms with Gasteiger partial charge in [0.05, 0.1) is 12.8 Å². The van der Waals surface area contributed by atoms with E-state index in [4.69, 9.17) is 10.5 Å². The van der Waals surface area contributed by atoms with E-state index in [1.54, 1.807) is 31.4 Å². The molecule has 2 aromatic carbocycles. The lowest BCUT2D eigenvalue weighted by Gasteiger charge is -2.31. The first-order valence-corrected chi connectivity index (χ1v) is 11.9. The number of anilines is 1. The Morgan fingerprint density at radius 3 is 2.34 bits per heavy atom. The molecule has 8 heteroatoms. The Balaban J connectivity index is 1.48. The summed E-state index contributed by atoms with van der Waals surface area (Å²) in [4.78, 5) is 40.1. The summed E-state index contributed by atoms with van der Waals surface area (Å²) >= 11 is 0. The fraction of sp³-hybridized carbons (Fsp3) is 0.333. The summed E-state index contributed by atoms with van der Waals surface area (Å²) in [5.74, 6) is 0.153. The van der Waals surface area contributed by atoms with Crippen LogP contribution in [0.25, 0.3) is 5.69 Å². The summed E-state index contributed by atoms with van der Waals surface area (Å²) in [7, 11) is 1.58. The molecular formula is C27H28N4O4. The summed E-state index contributed by atoms with van der Waals surface area (Å²) in [6, 6.07) is 14.8. The number of carbonyl (C=O) groups is 3. The van der Waals surface area contributed by atoms with Crippen molar-refractivity contribution in [3.8, 4) is 11.4 Å². The van der Waals surface area contributed by atoms with Crippen molar-refractivity contribution in [1.29, 1.82) is 0 Å². The molecule has 0 bridgehead atoms. The molecule has 1 aliphatic heterocycles.